The monoisotopic (exact) mass is 238 g/mol. The van der Waals surface area contributed by atoms with Gasteiger partial charge in [0.1, 0.15) is 0 Å². The fraction of sp³-hybridized carbons (Fsp3) is 1.00. The molecule has 1 fully saturated rings. The second-order valence-electron chi connectivity index (χ2n) is 3.76. The summed E-state index contributed by atoms with van der Waals surface area (Å²) in [6, 6.07) is 0. The molecule has 0 aromatic heterocycles. The highest BCUT2D eigenvalue weighted by Gasteiger charge is 2.12. The summed E-state index contributed by atoms with van der Waals surface area (Å²) in [6.07, 6.45) is 9.11. The van der Waals surface area contributed by atoms with Crippen LogP contribution >= 0.6 is 0 Å². The van der Waals surface area contributed by atoms with Gasteiger partial charge in [-0.3, -0.25) is 0 Å². The van der Waals surface area contributed by atoms with E-state index in [2.05, 4.69) is 25.2 Å². The predicted molar refractivity (Wildman–Crippen MR) is 49.9 cm³/mol. The summed E-state index contributed by atoms with van der Waals surface area (Å²) >= 11 is 0. The number of hydrogen-bond acceptors (Lipinski definition) is 7. The molecule has 0 unspecified atom stereocenters. The van der Waals surface area contributed by atoms with Crippen molar-refractivity contribution in [2.45, 2.75) is 57.5 Å². The molecule has 7 nitrogen and oxygen atoms in total. The molecule has 1 aliphatic carbocycles. The van der Waals surface area contributed by atoms with Gasteiger partial charge in [0.05, 0.1) is 6.10 Å². The standard InChI is InChI=1S/C9H18O7/c10-12-14-16-15-13-11-9-7-5-3-1-2-4-6-8-9/h9-10H,1-8H2. The van der Waals surface area contributed by atoms with E-state index in [1.807, 2.05) is 0 Å². The Kier molecular flexibility index (Phi) is 8.54. The zero-order valence-electron chi connectivity index (χ0n) is 9.13. The molecule has 0 radical (unpaired) electrons. The molecule has 0 amide bonds. The maximum atomic E-state index is 7.69. The first-order valence-corrected chi connectivity index (χ1v) is 5.57. The second kappa shape index (κ2) is 9.91. The van der Waals surface area contributed by atoms with Gasteiger partial charge in [-0.25, -0.2) is 10.1 Å². The van der Waals surface area contributed by atoms with Gasteiger partial charge in [0.25, 0.3) is 0 Å². The van der Waals surface area contributed by atoms with Crippen LogP contribution in [0.2, 0.25) is 0 Å². The van der Waals surface area contributed by atoms with Crippen molar-refractivity contribution in [2.75, 3.05) is 0 Å². The highest BCUT2D eigenvalue weighted by molar-refractivity contribution is 4.60. The molecule has 1 aliphatic rings. The van der Waals surface area contributed by atoms with Crippen LogP contribution in [0.1, 0.15) is 51.4 Å². The number of hydrogen-bond donors (Lipinski definition) is 1. The fourth-order valence-corrected chi connectivity index (χ4v) is 1.80. The van der Waals surface area contributed by atoms with Gasteiger partial charge < -0.3 is 0 Å². The molecule has 0 atom stereocenters. The van der Waals surface area contributed by atoms with Crippen molar-refractivity contribution >= 4 is 0 Å². The Morgan fingerprint density at radius 3 is 1.88 bits per heavy atom. The minimum absolute atomic E-state index is 0.00301. The Morgan fingerprint density at radius 1 is 0.688 bits per heavy atom. The van der Waals surface area contributed by atoms with Gasteiger partial charge >= 0.3 is 0 Å². The summed E-state index contributed by atoms with van der Waals surface area (Å²) in [5.41, 5.74) is 0. The van der Waals surface area contributed by atoms with E-state index >= 15 is 0 Å². The average molecular weight is 238 g/mol. The molecule has 1 rings (SSSR count). The second-order valence-corrected chi connectivity index (χ2v) is 3.76. The predicted octanol–water partition coefficient (Wildman–Crippen LogP) is 2.64. The Hall–Kier alpha value is -0.280. The lowest BCUT2D eigenvalue weighted by Gasteiger charge is -2.12. The fourth-order valence-electron chi connectivity index (χ4n) is 1.80. The third kappa shape index (κ3) is 7.07. The van der Waals surface area contributed by atoms with E-state index in [4.69, 9.17) is 10.1 Å². The van der Waals surface area contributed by atoms with Gasteiger partial charge in [-0.1, -0.05) is 38.5 Å². The van der Waals surface area contributed by atoms with Crippen molar-refractivity contribution < 1.29 is 35.3 Å². The Morgan fingerprint density at radius 2 is 1.25 bits per heavy atom. The van der Waals surface area contributed by atoms with Gasteiger partial charge in [0, 0.05) is 0 Å². The molecular weight excluding hydrogens is 220 g/mol. The molecule has 0 aromatic rings. The van der Waals surface area contributed by atoms with Crippen LogP contribution in [0.25, 0.3) is 0 Å². The molecular formula is C9H18O7. The maximum absolute atomic E-state index is 7.69. The van der Waals surface area contributed by atoms with E-state index in [-0.39, 0.29) is 6.10 Å². The SMILES string of the molecule is OOOOOOOC1CCCCCCCC1. The van der Waals surface area contributed by atoms with Crippen molar-refractivity contribution in [1.82, 2.24) is 0 Å². The minimum Gasteiger partial charge on any atom is -0.219 e. The van der Waals surface area contributed by atoms with E-state index < -0.39 is 0 Å². The van der Waals surface area contributed by atoms with Crippen molar-refractivity contribution in [3.63, 3.8) is 0 Å². The van der Waals surface area contributed by atoms with E-state index in [1.165, 1.54) is 25.7 Å². The minimum atomic E-state index is -0.00301. The van der Waals surface area contributed by atoms with Gasteiger partial charge in [-0.2, -0.15) is 0 Å². The summed E-state index contributed by atoms with van der Waals surface area (Å²) < 4.78 is 0. The van der Waals surface area contributed by atoms with Crippen molar-refractivity contribution in [3.05, 3.63) is 0 Å². The normalized spacial score (nSPS) is 20.1. The lowest BCUT2D eigenvalue weighted by Crippen LogP contribution is -2.13. The van der Waals surface area contributed by atoms with Gasteiger partial charge in [0.15, 0.2) is 0 Å². The first-order chi connectivity index (χ1) is 7.93. The molecule has 0 spiro atoms. The van der Waals surface area contributed by atoms with Crippen LogP contribution in [0.5, 0.6) is 0 Å². The maximum Gasteiger partial charge on any atom is 0.0962 e. The molecule has 0 aromatic carbocycles. The zero-order chi connectivity index (χ0) is 11.5. The van der Waals surface area contributed by atoms with E-state index in [0.717, 1.165) is 25.7 Å². The van der Waals surface area contributed by atoms with Crippen LogP contribution < -0.4 is 0 Å². The molecule has 16 heavy (non-hydrogen) atoms. The highest BCUT2D eigenvalue weighted by Crippen LogP contribution is 2.19. The lowest BCUT2D eigenvalue weighted by molar-refractivity contribution is -0.789. The topological polar surface area (TPSA) is 75.6 Å². The van der Waals surface area contributed by atoms with E-state index in [0.29, 0.717) is 0 Å². The molecule has 0 heterocycles. The van der Waals surface area contributed by atoms with Crippen molar-refractivity contribution in [2.24, 2.45) is 0 Å². The van der Waals surface area contributed by atoms with Crippen molar-refractivity contribution in [1.29, 1.82) is 0 Å². The third-order valence-corrected chi connectivity index (χ3v) is 2.59. The molecule has 0 aliphatic heterocycles. The molecule has 1 saturated carbocycles. The van der Waals surface area contributed by atoms with Gasteiger partial charge in [-0.05, 0) is 38.0 Å². The van der Waals surface area contributed by atoms with Crippen LogP contribution in [0.4, 0.5) is 0 Å². The first kappa shape index (κ1) is 13.8. The summed E-state index contributed by atoms with van der Waals surface area (Å²) in [4.78, 5) is 4.96. The first-order valence-electron chi connectivity index (χ1n) is 5.57. The molecule has 0 bridgehead atoms. The highest BCUT2D eigenvalue weighted by atomic mass is 17.9. The Labute approximate surface area is 93.7 Å². The smallest absolute Gasteiger partial charge is 0.0962 e. The molecule has 7 heteroatoms. The van der Waals surface area contributed by atoms with Gasteiger partial charge in [0.2, 0.25) is 0 Å². The lowest BCUT2D eigenvalue weighted by atomic mass is 10.1. The van der Waals surface area contributed by atoms with Crippen LogP contribution in [0.3, 0.4) is 0 Å². The zero-order valence-corrected chi connectivity index (χ0v) is 9.13. The van der Waals surface area contributed by atoms with Crippen LogP contribution in [-0.4, -0.2) is 11.4 Å². The molecule has 0 saturated heterocycles. The van der Waals surface area contributed by atoms with E-state index in [1.54, 1.807) is 0 Å². The summed E-state index contributed by atoms with van der Waals surface area (Å²) in [7, 11) is 0. The average Bonchev–Trinajstić information content (AvgIpc) is 2.42. The van der Waals surface area contributed by atoms with E-state index in [9.17, 15) is 0 Å². The van der Waals surface area contributed by atoms with Crippen molar-refractivity contribution in [3.8, 4) is 0 Å². The summed E-state index contributed by atoms with van der Waals surface area (Å²) in [5, 5.41) is 26.3. The molecule has 1 N–H and O–H groups in total. The third-order valence-electron chi connectivity index (χ3n) is 2.59. The van der Waals surface area contributed by atoms with Gasteiger partial charge in [-0.15, -0.1) is 0 Å². The largest absolute Gasteiger partial charge is 0.219 e. The molecule has 96 valence electrons. The van der Waals surface area contributed by atoms with Crippen LogP contribution in [-0.2, 0) is 30.1 Å². The summed E-state index contributed by atoms with van der Waals surface area (Å²) in [6.45, 7) is 0. The Bertz CT molecular complexity index is 145. The quantitative estimate of drug-likeness (QED) is 0.433. The van der Waals surface area contributed by atoms with Crippen LogP contribution in [0, 0.1) is 0 Å². The van der Waals surface area contributed by atoms with Crippen LogP contribution in [0.15, 0.2) is 0 Å². The number of rotatable bonds is 6. The Balaban J connectivity index is 2.03. The summed E-state index contributed by atoms with van der Waals surface area (Å²) in [5.74, 6) is 0.